The molecule has 0 atom stereocenters. The molecule has 0 radical (unpaired) electrons. The van der Waals surface area contributed by atoms with Crippen LogP contribution in [0, 0.1) is 6.92 Å². The van der Waals surface area contributed by atoms with Crippen LogP contribution in [0.5, 0.6) is 5.75 Å². The van der Waals surface area contributed by atoms with Crippen molar-refractivity contribution in [3.63, 3.8) is 0 Å². The number of benzene rings is 1. The van der Waals surface area contributed by atoms with Crippen LogP contribution >= 0.6 is 0 Å². The second kappa shape index (κ2) is 6.06. The summed E-state index contributed by atoms with van der Waals surface area (Å²) < 4.78 is 6.81. The van der Waals surface area contributed by atoms with Crippen molar-refractivity contribution in [1.82, 2.24) is 9.55 Å². The van der Waals surface area contributed by atoms with Gasteiger partial charge in [-0.25, -0.2) is 4.98 Å². The van der Waals surface area contributed by atoms with Gasteiger partial charge < -0.3 is 14.6 Å². The molecule has 0 bridgehead atoms. The molecular formula is C15H17N3O2. The van der Waals surface area contributed by atoms with Gasteiger partial charge in [-0.2, -0.15) is 0 Å². The molecule has 1 aromatic heterocycles. The Hall–Kier alpha value is -2.56. The van der Waals surface area contributed by atoms with Crippen LogP contribution < -0.4 is 15.6 Å². The molecule has 0 amide bonds. The minimum atomic E-state index is -0.198. The predicted octanol–water partition coefficient (Wildman–Crippen LogP) is 2.49. The Morgan fingerprint density at radius 1 is 1.50 bits per heavy atom. The molecule has 0 spiro atoms. The number of aryl methyl sites for hydroxylation is 1. The van der Waals surface area contributed by atoms with Gasteiger partial charge in [0.25, 0.3) is 5.56 Å². The fourth-order valence-electron chi connectivity index (χ4n) is 1.86. The van der Waals surface area contributed by atoms with Crippen molar-refractivity contribution in [3.05, 3.63) is 59.2 Å². The normalized spacial score (nSPS) is 10.1. The summed E-state index contributed by atoms with van der Waals surface area (Å²) >= 11 is 0. The minimum Gasteiger partial charge on any atom is -0.495 e. The van der Waals surface area contributed by atoms with Gasteiger partial charge in [0.05, 0.1) is 12.8 Å². The quantitative estimate of drug-likeness (QED) is 0.849. The van der Waals surface area contributed by atoms with Crippen LogP contribution in [0.3, 0.4) is 0 Å². The largest absolute Gasteiger partial charge is 0.495 e. The van der Waals surface area contributed by atoms with Gasteiger partial charge in [-0.3, -0.25) is 4.79 Å². The molecule has 2 aromatic rings. The number of ether oxygens (including phenoxy) is 1. The van der Waals surface area contributed by atoms with Crippen molar-refractivity contribution in [3.8, 4) is 5.75 Å². The van der Waals surface area contributed by atoms with E-state index in [4.69, 9.17) is 4.74 Å². The molecule has 5 nitrogen and oxygen atoms in total. The highest BCUT2D eigenvalue weighted by atomic mass is 16.5. The number of rotatable bonds is 5. The van der Waals surface area contributed by atoms with E-state index >= 15 is 0 Å². The second-order valence-corrected chi connectivity index (χ2v) is 4.35. The first-order chi connectivity index (χ1) is 9.65. The van der Waals surface area contributed by atoms with E-state index in [0.29, 0.717) is 18.0 Å². The Balaban J connectivity index is 2.40. The van der Waals surface area contributed by atoms with Crippen LogP contribution in [0.2, 0.25) is 0 Å². The van der Waals surface area contributed by atoms with Crippen LogP contribution in [-0.2, 0) is 6.54 Å². The zero-order valence-electron chi connectivity index (χ0n) is 11.6. The molecule has 20 heavy (non-hydrogen) atoms. The Labute approximate surface area is 117 Å². The summed E-state index contributed by atoms with van der Waals surface area (Å²) in [6.45, 7) is 6.05. The summed E-state index contributed by atoms with van der Waals surface area (Å²) in [5.74, 6) is 0.925. The molecular weight excluding hydrogens is 254 g/mol. The van der Waals surface area contributed by atoms with Crippen LogP contribution in [0.1, 0.15) is 5.56 Å². The molecule has 1 N–H and O–H groups in total. The number of anilines is 2. The van der Waals surface area contributed by atoms with E-state index in [0.717, 1.165) is 5.56 Å². The van der Waals surface area contributed by atoms with Crippen LogP contribution in [0.4, 0.5) is 11.5 Å². The third-order valence-corrected chi connectivity index (χ3v) is 2.85. The molecule has 0 saturated heterocycles. The predicted molar refractivity (Wildman–Crippen MR) is 79.7 cm³/mol. The molecule has 0 aliphatic heterocycles. The highest BCUT2D eigenvalue weighted by Crippen LogP contribution is 2.26. The first-order valence-electron chi connectivity index (χ1n) is 6.23. The van der Waals surface area contributed by atoms with E-state index in [1.165, 1.54) is 4.57 Å². The fourth-order valence-corrected chi connectivity index (χ4v) is 1.86. The van der Waals surface area contributed by atoms with Gasteiger partial charge in [0.2, 0.25) is 0 Å². The maximum atomic E-state index is 12.2. The summed E-state index contributed by atoms with van der Waals surface area (Å²) in [6, 6.07) is 5.70. The van der Waals surface area contributed by atoms with Gasteiger partial charge in [-0.05, 0) is 24.6 Å². The van der Waals surface area contributed by atoms with E-state index in [9.17, 15) is 4.79 Å². The molecule has 0 unspecified atom stereocenters. The van der Waals surface area contributed by atoms with Gasteiger partial charge in [0.15, 0.2) is 5.82 Å². The van der Waals surface area contributed by atoms with E-state index in [2.05, 4.69) is 16.9 Å². The van der Waals surface area contributed by atoms with Gasteiger partial charge in [0.1, 0.15) is 5.75 Å². The lowest BCUT2D eigenvalue weighted by Gasteiger charge is -2.12. The summed E-state index contributed by atoms with van der Waals surface area (Å²) in [6.07, 6.45) is 4.87. The summed E-state index contributed by atoms with van der Waals surface area (Å²) in [5.41, 5.74) is 1.58. The lowest BCUT2D eigenvalue weighted by molar-refractivity contribution is 0.416. The fraction of sp³-hybridized carbons (Fsp3) is 0.200. The number of aromatic nitrogens is 2. The van der Waals surface area contributed by atoms with Gasteiger partial charge in [-0.15, -0.1) is 6.58 Å². The molecule has 1 aromatic carbocycles. The Morgan fingerprint density at radius 3 is 3.00 bits per heavy atom. The van der Waals surface area contributed by atoms with Crippen LogP contribution in [0.15, 0.2) is 48.0 Å². The van der Waals surface area contributed by atoms with Crippen LogP contribution in [0.25, 0.3) is 0 Å². The SMILES string of the molecule is C=CCn1ccnc(Nc2cc(C)ccc2OC)c1=O. The topological polar surface area (TPSA) is 56.1 Å². The Morgan fingerprint density at radius 2 is 2.30 bits per heavy atom. The molecule has 1 heterocycles. The molecule has 0 fully saturated rings. The summed E-state index contributed by atoms with van der Waals surface area (Å²) in [7, 11) is 1.59. The van der Waals surface area contributed by atoms with Gasteiger partial charge >= 0.3 is 0 Å². The first-order valence-corrected chi connectivity index (χ1v) is 6.23. The van der Waals surface area contributed by atoms with Gasteiger partial charge in [-0.1, -0.05) is 12.1 Å². The third-order valence-electron chi connectivity index (χ3n) is 2.85. The molecule has 5 heteroatoms. The molecule has 2 rings (SSSR count). The van der Waals surface area contributed by atoms with E-state index < -0.39 is 0 Å². The van der Waals surface area contributed by atoms with Gasteiger partial charge in [0, 0.05) is 18.9 Å². The van der Waals surface area contributed by atoms with Crippen molar-refractivity contribution in [2.24, 2.45) is 0 Å². The van der Waals surface area contributed by atoms with E-state index in [-0.39, 0.29) is 11.4 Å². The number of hydrogen-bond acceptors (Lipinski definition) is 4. The maximum absolute atomic E-state index is 12.2. The van der Waals surface area contributed by atoms with Crippen molar-refractivity contribution in [2.75, 3.05) is 12.4 Å². The van der Waals surface area contributed by atoms with Crippen molar-refractivity contribution in [1.29, 1.82) is 0 Å². The highest BCUT2D eigenvalue weighted by Gasteiger charge is 2.08. The van der Waals surface area contributed by atoms with E-state index in [1.807, 2.05) is 25.1 Å². The lowest BCUT2D eigenvalue weighted by atomic mass is 10.2. The Kier molecular flexibility index (Phi) is 4.20. The standard InChI is InChI=1S/C15H17N3O2/c1-4-8-18-9-7-16-14(15(18)19)17-12-10-11(2)5-6-13(12)20-3/h4-7,9-10H,1,8H2,2-3H3,(H,16,17). The van der Waals surface area contributed by atoms with Crippen molar-refractivity contribution < 1.29 is 4.74 Å². The van der Waals surface area contributed by atoms with E-state index in [1.54, 1.807) is 25.6 Å². The third kappa shape index (κ3) is 2.88. The average Bonchev–Trinajstić information content (AvgIpc) is 2.44. The molecule has 104 valence electrons. The number of allylic oxidation sites excluding steroid dienone is 1. The minimum absolute atomic E-state index is 0.198. The van der Waals surface area contributed by atoms with Crippen molar-refractivity contribution in [2.45, 2.75) is 13.5 Å². The summed E-state index contributed by atoms with van der Waals surface area (Å²) in [4.78, 5) is 16.3. The smallest absolute Gasteiger partial charge is 0.293 e. The second-order valence-electron chi connectivity index (χ2n) is 4.35. The lowest BCUT2D eigenvalue weighted by Crippen LogP contribution is -2.22. The highest BCUT2D eigenvalue weighted by molar-refractivity contribution is 5.64. The maximum Gasteiger partial charge on any atom is 0.293 e. The number of hydrogen-bond donors (Lipinski definition) is 1. The molecule has 0 aliphatic rings. The molecule has 0 aliphatic carbocycles. The monoisotopic (exact) mass is 271 g/mol. The zero-order chi connectivity index (χ0) is 14.5. The van der Waals surface area contributed by atoms with Crippen LogP contribution in [-0.4, -0.2) is 16.7 Å². The first kappa shape index (κ1) is 13.9. The molecule has 0 saturated carbocycles. The zero-order valence-corrected chi connectivity index (χ0v) is 11.6. The number of nitrogens with zero attached hydrogens (tertiary/aromatic N) is 2. The number of nitrogens with one attached hydrogen (secondary N) is 1. The summed E-state index contributed by atoms with van der Waals surface area (Å²) in [5, 5.41) is 3.03. The average molecular weight is 271 g/mol. The Bertz CT molecular complexity index is 677. The van der Waals surface area contributed by atoms with Crippen molar-refractivity contribution >= 4 is 11.5 Å². The number of methoxy groups -OCH3 is 1.